The lowest BCUT2D eigenvalue weighted by atomic mass is 10.4. The Hall–Kier alpha value is -1.33. The van der Waals surface area contributed by atoms with Crippen LogP contribution in [0.15, 0.2) is 23.8 Å². The second kappa shape index (κ2) is 5.33. The maximum atomic E-state index is 6.12. The van der Waals surface area contributed by atoms with Crippen molar-refractivity contribution in [3.8, 4) is 0 Å². The van der Waals surface area contributed by atoms with Crippen molar-refractivity contribution in [2.75, 3.05) is 17.2 Å². The molecule has 0 aliphatic rings. The molecular weight excluding hydrogens is 256 g/mol. The van der Waals surface area contributed by atoms with E-state index in [4.69, 9.17) is 17.3 Å². The molecule has 17 heavy (non-hydrogen) atoms. The molecule has 0 aliphatic heterocycles. The molecule has 6 heteroatoms. The summed E-state index contributed by atoms with van der Waals surface area (Å²) in [6.45, 7) is 3.65. The Morgan fingerprint density at radius 3 is 2.94 bits per heavy atom. The Labute approximate surface area is 109 Å². The highest BCUT2D eigenvalue weighted by molar-refractivity contribution is 7.09. The minimum Gasteiger partial charge on any atom is -0.382 e. The van der Waals surface area contributed by atoms with Crippen molar-refractivity contribution in [1.29, 1.82) is 0 Å². The van der Waals surface area contributed by atoms with Crippen LogP contribution in [0, 0.1) is 0 Å². The molecule has 0 atom stereocenters. The van der Waals surface area contributed by atoms with Gasteiger partial charge in [-0.3, -0.25) is 0 Å². The van der Waals surface area contributed by atoms with E-state index in [-0.39, 0.29) is 0 Å². The fourth-order valence-corrected chi connectivity index (χ4v) is 2.46. The third-order valence-electron chi connectivity index (χ3n) is 2.41. The first-order chi connectivity index (χ1) is 8.22. The van der Waals surface area contributed by atoms with E-state index in [9.17, 15) is 0 Å². The fourth-order valence-electron chi connectivity index (χ4n) is 1.52. The molecule has 2 heterocycles. The smallest absolute Gasteiger partial charge is 0.153 e. The number of hydrogen-bond donors (Lipinski definition) is 1. The Bertz CT molecular complexity index is 486. The number of aromatic nitrogens is 2. The van der Waals surface area contributed by atoms with Gasteiger partial charge in [0.1, 0.15) is 17.2 Å². The molecule has 2 N–H and O–H groups in total. The summed E-state index contributed by atoms with van der Waals surface area (Å²) in [7, 11) is 0. The summed E-state index contributed by atoms with van der Waals surface area (Å²) in [6, 6.07) is 4.12. The molecule has 2 aromatic rings. The number of thiophene rings is 1. The molecule has 0 aromatic carbocycles. The standard InChI is InChI=1S/C11H13ClN4S/c1-2-16(6-8-4-3-5-17-8)11-9(12)10(13)14-7-15-11/h3-5,7H,2,6H2,1H3,(H2,13,14,15). The average molecular weight is 269 g/mol. The number of rotatable bonds is 4. The second-order valence-corrected chi connectivity index (χ2v) is 4.90. The second-order valence-electron chi connectivity index (χ2n) is 3.49. The van der Waals surface area contributed by atoms with Gasteiger partial charge in [0.25, 0.3) is 0 Å². The summed E-state index contributed by atoms with van der Waals surface area (Å²) >= 11 is 7.83. The predicted molar refractivity (Wildman–Crippen MR) is 72.5 cm³/mol. The van der Waals surface area contributed by atoms with Crippen LogP contribution in [0.1, 0.15) is 11.8 Å². The molecule has 4 nitrogen and oxygen atoms in total. The van der Waals surface area contributed by atoms with Crippen molar-refractivity contribution in [2.24, 2.45) is 0 Å². The molecule has 0 unspecified atom stereocenters. The SMILES string of the molecule is CCN(Cc1cccs1)c1ncnc(N)c1Cl. The first-order valence-electron chi connectivity index (χ1n) is 5.25. The van der Waals surface area contributed by atoms with E-state index in [2.05, 4.69) is 33.2 Å². The molecule has 0 amide bonds. The molecule has 2 aromatic heterocycles. The van der Waals surface area contributed by atoms with E-state index in [0.717, 1.165) is 13.1 Å². The van der Waals surface area contributed by atoms with Crippen molar-refractivity contribution in [3.63, 3.8) is 0 Å². The maximum absolute atomic E-state index is 6.12. The van der Waals surface area contributed by atoms with Crippen molar-refractivity contribution in [2.45, 2.75) is 13.5 Å². The van der Waals surface area contributed by atoms with Gasteiger partial charge in [0.2, 0.25) is 0 Å². The molecule has 0 bridgehead atoms. The minimum absolute atomic E-state index is 0.321. The van der Waals surface area contributed by atoms with Gasteiger partial charge in [-0.25, -0.2) is 9.97 Å². The summed E-state index contributed by atoms with van der Waals surface area (Å²) < 4.78 is 0. The van der Waals surface area contributed by atoms with Crippen LogP contribution in [0.2, 0.25) is 5.02 Å². The summed E-state index contributed by atoms with van der Waals surface area (Å²) in [5.74, 6) is 1.01. The molecule has 0 spiro atoms. The van der Waals surface area contributed by atoms with Gasteiger partial charge in [-0.2, -0.15) is 0 Å². The summed E-state index contributed by atoms with van der Waals surface area (Å²) in [5.41, 5.74) is 5.68. The van der Waals surface area contributed by atoms with Crippen LogP contribution in [0.5, 0.6) is 0 Å². The lowest BCUT2D eigenvalue weighted by molar-refractivity contribution is 0.820. The van der Waals surface area contributed by atoms with Gasteiger partial charge in [0.05, 0.1) is 6.54 Å². The average Bonchev–Trinajstić information content (AvgIpc) is 2.83. The normalized spacial score (nSPS) is 10.5. The first-order valence-corrected chi connectivity index (χ1v) is 6.51. The summed E-state index contributed by atoms with van der Waals surface area (Å²) in [5, 5.41) is 2.48. The lowest BCUT2D eigenvalue weighted by Crippen LogP contribution is -2.23. The largest absolute Gasteiger partial charge is 0.382 e. The highest BCUT2D eigenvalue weighted by atomic mass is 35.5. The maximum Gasteiger partial charge on any atom is 0.153 e. The van der Waals surface area contributed by atoms with Crippen LogP contribution in [-0.4, -0.2) is 16.5 Å². The Morgan fingerprint density at radius 1 is 1.47 bits per heavy atom. The van der Waals surface area contributed by atoms with Gasteiger partial charge >= 0.3 is 0 Å². The molecule has 0 radical (unpaired) electrons. The van der Waals surface area contributed by atoms with Crippen LogP contribution in [0.3, 0.4) is 0 Å². The molecule has 0 saturated heterocycles. The topological polar surface area (TPSA) is 55.0 Å². The zero-order chi connectivity index (χ0) is 12.3. The van der Waals surface area contributed by atoms with Crippen LogP contribution in [0.4, 0.5) is 11.6 Å². The quantitative estimate of drug-likeness (QED) is 0.926. The van der Waals surface area contributed by atoms with Gasteiger partial charge in [0.15, 0.2) is 5.82 Å². The van der Waals surface area contributed by atoms with Crippen LogP contribution < -0.4 is 10.6 Å². The number of anilines is 2. The van der Waals surface area contributed by atoms with Crippen LogP contribution in [0.25, 0.3) is 0 Å². The lowest BCUT2D eigenvalue weighted by Gasteiger charge is -2.22. The van der Waals surface area contributed by atoms with Gasteiger partial charge in [0, 0.05) is 11.4 Å². The van der Waals surface area contributed by atoms with E-state index in [0.29, 0.717) is 16.7 Å². The van der Waals surface area contributed by atoms with Crippen LogP contribution in [-0.2, 0) is 6.54 Å². The molecule has 0 fully saturated rings. The van der Waals surface area contributed by atoms with Crippen molar-refractivity contribution in [3.05, 3.63) is 33.7 Å². The van der Waals surface area contributed by atoms with E-state index in [1.165, 1.54) is 11.2 Å². The molecule has 2 rings (SSSR count). The number of nitrogens with two attached hydrogens (primary N) is 1. The van der Waals surface area contributed by atoms with E-state index >= 15 is 0 Å². The van der Waals surface area contributed by atoms with Gasteiger partial charge in [-0.05, 0) is 18.4 Å². The van der Waals surface area contributed by atoms with Gasteiger partial charge < -0.3 is 10.6 Å². The number of halogens is 1. The number of hydrogen-bond acceptors (Lipinski definition) is 5. The number of nitrogens with zero attached hydrogens (tertiary/aromatic N) is 3. The van der Waals surface area contributed by atoms with E-state index in [1.807, 2.05) is 6.07 Å². The van der Waals surface area contributed by atoms with E-state index < -0.39 is 0 Å². The van der Waals surface area contributed by atoms with Gasteiger partial charge in [-0.1, -0.05) is 17.7 Å². The predicted octanol–water partition coefficient (Wildman–Crippen LogP) is 2.80. The molecule has 90 valence electrons. The number of nitrogen functional groups attached to an aromatic ring is 1. The Morgan fingerprint density at radius 2 is 2.29 bits per heavy atom. The summed E-state index contributed by atoms with van der Waals surface area (Å²) in [6.07, 6.45) is 1.44. The van der Waals surface area contributed by atoms with E-state index in [1.54, 1.807) is 11.3 Å². The molecular formula is C11H13ClN4S. The third-order valence-corrected chi connectivity index (χ3v) is 3.63. The monoisotopic (exact) mass is 268 g/mol. The molecule has 0 saturated carbocycles. The van der Waals surface area contributed by atoms with Crippen molar-refractivity contribution >= 4 is 34.6 Å². The zero-order valence-corrected chi connectivity index (χ0v) is 11.0. The molecule has 0 aliphatic carbocycles. The fraction of sp³-hybridized carbons (Fsp3) is 0.273. The third kappa shape index (κ3) is 2.68. The highest BCUT2D eigenvalue weighted by Gasteiger charge is 2.13. The zero-order valence-electron chi connectivity index (χ0n) is 9.43. The summed E-state index contributed by atoms with van der Waals surface area (Å²) in [4.78, 5) is 11.4. The Kier molecular flexibility index (Phi) is 3.81. The van der Waals surface area contributed by atoms with Crippen molar-refractivity contribution in [1.82, 2.24) is 9.97 Å². The highest BCUT2D eigenvalue weighted by Crippen LogP contribution is 2.28. The van der Waals surface area contributed by atoms with Gasteiger partial charge in [-0.15, -0.1) is 11.3 Å². The minimum atomic E-state index is 0.321. The van der Waals surface area contributed by atoms with Crippen LogP contribution >= 0.6 is 22.9 Å². The first kappa shape index (κ1) is 12.1. The Balaban J connectivity index is 2.26. The van der Waals surface area contributed by atoms with Crippen molar-refractivity contribution < 1.29 is 0 Å².